The third-order valence-corrected chi connectivity index (χ3v) is 4.77. The fraction of sp³-hybridized carbons (Fsp3) is 0.474. The van der Waals surface area contributed by atoms with E-state index in [0.29, 0.717) is 36.4 Å². The zero-order valence-electron chi connectivity index (χ0n) is 14.4. The highest BCUT2D eigenvalue weighted by Gasteiger charge is 2.21. The molecule has 6 heteroatoms. The highest BCUT2D eigenvalue weighted by Crippen LogP contribution is 2.26. The molecule has 1 aromatic carbocycles. The standard InChI is InChI=1S/C19H24FN3O2/c1-13-4-2-3-5-17(13)25-11-10-21-19(24)16-12-22-23-18(16)14-6-8-15(20)9-7-14/h6-9,12-13,17H,2-5,10-11H2,1H3,(H,21,24)(H,22,23)/t13-,17-/m1/s1. The molecule has 134 valence electrons. The number of benzene rings is 1. The van der Waals surface area contributed by atoms with Gasteiger partial charge in [-0.25, -0.2) is 4.39 Å². The highest BCUT2D eigenvalue weighted by molar-refractivity contribution is 5.99. The van der Waals surface area contributed by atoms with Crippen LogP contribution >= 0.6 is 0 Å². The van der Waals surface area contributed by atoms with Crippen LogP contribution in [0.4, 0.5) is 4.39 Å². The number of ether oxygens (including phenoxy) is 1. The summed E-state index contributed by atoms with van der Waals surface area (Å²) in [6, 6.07) is 5.95. The lowest BCUT2D eigenvalue weighted by Gasteiger charge is -2.28. The molecule has 2 N–H and O–H groups in total. The Morgan fingerprint density at radius 1 is 1.32 bits per heavy atom. The molecule has 0 aliphatic heterocycles. The molecule has 1 amide bonds. The molecule has 0 bridgehead atoms. The van der Waals surface area contributed by atoms with Gasteiger partial charge in [0.25, 0.3) is 5.91 Å². The van der Waals surface area contributed by atoms with Crippen LogP contribution in [0, 0.1) is 11.7 Å². The van der Waals surface area contributed by atoms with Crippen molar-refractivity contribution in [1.82, 2.24) is 15.5 Å². The summed E-state index contributed by atoms with van der Waals surface area (Å²) in [5.74, 6) is 0.0557. The third kappa shape index (κ3) is 4.45. The minimum Gasteiger partial charge on any atom is -0.376 e. The van der Waals surface area contributed by atoms with E-state index in [1.165, 1.54) is 37.6 Å². The topological polar surface area (TPSA) is 67.0 Å². The van der Waals surface area contributed by atoms with Gasteiger partial charge in [0.15, 0.2) is 0 Å². The maximum absolute atomic E-state index is 13.1. The van der Waals surface area contributed by atoms with E-state index in [1.54, 1.807) is 12.1 Å². The van der Waals surface area contributed by atoms with Crippen molar-refractivity contribution in [3.8, 4) is 11.3 Å². The Kier molecular flexibility index (Phi) is 5.81. The van der Waals surface area contributed by atoms with Crippen LogP contribution in [0.5, 0.6) is 0 Å². The van der Waals surface area contributed by atoms with Crippen LogP contribution in [0.25, 0.3) is 11.3 Å². The number of nitrogens with zero attached hydrogens (tertiary/aromatic N) is 1. The average molecular weight is 345 g/mol. The Hall–Kier alpha value is -2.21. The first-order chi connectivity index (χ1) is 12.1. The number of aromatic amines is 1. The Balaban J connectivity index is 1.52. The number of aromatic nitrogens is 2. The summed E-state index contributed by atoms with van der Waals surface area (Å²) in [5, 5.41) is 9.61. The van der Waals surface area contributed by atoms with Gasteiger partial charge in [-0.05, 0) is 43.0 Å². The molecule has 1 fully saturated rings. The molecular weight excluding hydrogens is 321 g/mol. The monoisotopic (exact) mass is 345 g/mol. The minimum absolute atomic E-state index is 0.214. The van der Waals surface area contributed by atoms with Gasteiger partial charge in [0.05, 0.1) is 30.2 Å². The molecule has 1 aromatic heterocycles. The van der Waals surface area contributed by atoms with Crippen molar-refractivity contribution in [1.29, 1.82) is 0 Å². The van der Waals surface area contributed by atoms with Crippen LogP contribution in [0.1, 0.15) is 43.0 Å². The first-order valence-electron chi connectivity index (χ1n) is 8.84. The highest BCUT2D eigenvalue weighted by atomic mass is 19.1. The molecule has 1 aliphatic rings. The second kappa shape index (κ2) is 8.25. The van der Waals surface area contributed by atoms with Crippen molar-refractivity contribution in [3.05, 3.63) is 41.8 Å². The summed E-state index contributed by atoms with van der Waals surface area (Å²) in [6.45, 7) is 3.18. The van der Waals surface area contributed by atoms with Gasteiger partial charge in [-0.1, -0.05) is 19.8 Å². The van der Waals surface area contributed by atoms with E-state index in [2.05, 4.69) is 22.4 Å². The molecule has 5 nitrogen and oxygen atoms in total. The second-order valence-corrected chi connectivity index (χ2v) is 6.59. The lowest BCUT2D eigenvalue weighted by Crippen LogP contribution is -2.31. The molecule has 0 unspecified atom stereocenters. The maximum Gasteiger partial charge on any atom is 0.255 e. The first kappa shape index (κ1) is 17.6. The molecule has 0 spiro atoms. The molecule has 1 aliphatic carbocycles. The maximum atomic E-state index is 13.1. The van der Waals surface area contributed by atoms with E-state index in [-0.39, 0.29) is 11.7 Å². The second-order valence-electron chi connectivity index (χ2n) is 6.59. The molecule has 0 radical (unpaired) electrons. The molecular formula is C19H24FN3O2. The van der Waals surface area contributed by atoms with Crippen molar-refractivity contribution < 1.29 is 13.9 Å². The van der Waals surface area contributed by atoms with Crippen molar-refractivity contribution in [2.45, 2.75) is 38.7 Å². The van der Waals surface area contributed by atoms with Gasteiger partial charge in [0.2, 0.25) is 0 Å². The van der Waals surface area contributed by atoms with Crippen molar-refractivity contribution in [3.63, 3.8) is 0 Å². The number of H-pyrrole nitrogens is 1. The normalized spacial score (nSPS) is 20.4. The quantitative estimate of drug-likeness (QED) is 0.787. The number of carbonyl (C=O) groups excluding carboxylic acids is 1. The van der Waals surface area contributed by atoms with E-state index >= 15 is 0 Å². The summed E-state index contributed by atoms with van der Waals surface area (Å²) in [5.41, 5.74) is 1.74. The number of amides is 1. The summed E-state index contributed by atoms with van der Waals surface area (Å²) in [4.78, 5) is 12.4. The molecule has 2 atom stereocenters. The van der Waals surface area contributed by atoms with Crippen LogP contribution in [-0.4, -0.2) is 35.4 Å². The van der Waals surface area contributed by atoms with Crippen LogP contribution in [0.15, 0.2) is 30.5 Å². The van der Waals surface area contributed by atoms with E-state index < -0.39 is 0 Å². The number of nitrogens with one attached hydrogen (secondary N) is 2. The molecule has 1 heterocycles. The molecule has 2 aromatic rings. The zero-order chi connectivity index (χ0) is 17.6. The summed E-state index contributed by atoms with van der Waals surface area (Å²) in [6.07, 6.45) is 6.60. The van der Waals surface area contributed by atoms with E-state index in [1.807, 2.05) is 0 Å². The summed E-state index contributed by atoms with van der Waals surface area (Å²) >= 11 is 0. The van der Waals surface area contributed by atoms with Crippen molar-refractivity contribution in [2.24, 2.45) is 5.92 Å². The summed E-state index contributed by atoms with van der Waals surface area (Å²) in [7, 11) is 0. The van der Waals surface area contributed by atoms with E-state index in [9.17, 15) is 9.18 Å². The Morgan fingerprint density at radius 3 is 2.84 bits per heavy atom. The fourth-order valence-corrected chi connectivity index (χ4v) is 3.29. The third-order valence-electron chi connectivity index (χ3n) is 4.77. The molecule has 3 rings (SSSR count). The predicted molar refractivity (Wildman–Crippen MR) is 93.7 cm³/mol. The van der Waals surface area contributed by atoms with Crippen molar-refractivity contribution >= 4 is 5.91 Å². The van der Waals surface area contributed by atoms with Gasteiger partial charge in [0.1, 0.15) is 5.82 Å². The van der Waals surface area contributed by atoms with Gasteiger partial charge >= 0.3 is 0 Å². The molecule has 0 saturated heterocycles. The van der Waals surface area contributed by atoms with Gasteiger partial charge in [0, 0.05) is 12.1 Å². The minimum atomic E-state index is -0.316. The Bertz CT molecular complexity index is 699. The van der Waals surface area contributed by atoms with Gasteiger partial charge in [-0.2, -0.15) is 5.10 Å². The van der Waals surface area contributed by atoms with Crippen LogP contribution in [0.2, 0.25) is 0 Å². The molecule has 25 heavy (non-hydrogen) atoms. The first-order valence-corrected chi connectivity index (χ1v) is 8.84. The molecule has 1 saturated carbocycles. The number of carbonyl (C=O) groups is 1. The Labute approximate surface area is 147 Å². The average Bonchev–Trinajstić information content (AvgIpc) is 3.10. The predicted octanol–water partition coefficient (Wildman–Crippen LogP) is 3.54. The zero-order valence-corrected chi connectivity index (χ0v) is 14.4. The van der Waals surface area contributed by atoms with Gasteiger partial charge in [-0.3, -0.25) is 9.89 Å². The number of hydrogen-bond acceptors (Lipinski definition) is 3. The number of hydrogen-bond donors (Lipinski definition) is 2. The smallest absolute Gasteiger partial charge is 0.255 e. The SMILES string of the molecule is C[C@@H]1CCCC[C@H]1OCCNC(=O)c1cn[nH]c1-c1ccc(F)cc1. The lowest BCUT2D eigenvalue weighted by molar-refractivity contribution is -0.00293. The van der Waals surface area contributed by atoms with Gasteiger partial charge < -0.3 is 10.1 Å². The number of halogens is 1. The number of rotatable bonds is 6. The summed E-state index contributed by atoms with van der Waals surface area (Å²) < 4.78 is 19.0. The van der Waals surface area contributed by atoms with E-state index in [4.69, 9.17) is 4.74 Å². The Morgan fingerprint density at radius 2 is 2.08 bits per heavy atom. The van der Waals surface area contributed by atoms with Crippen LogP contribution < -0.4 is 5.32 Å². The van der Waals surface area contributed by atoms with Gasteiger partial charge in [-0.15, -0.1) is 0 Å². The fourth-order valence-electron chi connectivity index (χ4n) is 3.29. The largest absolute Gasteiger partial charge is 0.376 e. The van der Waals surface area contributed by atoms with Crippen LogP contribution in [0.3, 0.4) is 0 Å². The van der Waals surface area contributed by atoms with E-state index in [0.717, 1.165) is 12.0 Å². The van der Waals surface area contributed by atoms with Crippen molar-refractivity contribution in [2.75, 3.05) is 13.2 Å². The lowest BCUT2D eigenvalue weighted by atomic mass is 9.88. The van der Waals surface area contributed by atoms with Crippen LogP contribution in [-0.2, 0) is 4.74 Å².